The van der Waals surface area contributed by atoms with Gasteiger partial charge in [0, 0.05) is 23.4 Å². The summed E-state index contributed by atoms with van der Waals surface area (Å²) in [6.07, 6.45) is 3.67. The van der Waals surface area contributed by atoms with Gasteiger partial charge in [0.25, 0.3) is 0 Å². The van der Waals surface area contributed by atoms with E-state index < -0.39 is 0 Å². The van der Waals surface area contributed by atoms with Crippen molar-refractivity contribution in [3.63, 3.8) is 0 Å². The van der Waals surface area contributed by atoms with E-state index >= 15 is 0 Å². The van der Waals surface area contributed by atoms with Crippen LogP contribution in [0.25, 0.3) is 0 Å². The van der Waals surface area contributed by atoms with E-state index in [1.807, 2.05) is 12.3 Å². The fourth-order valence-corrected chi connectivity index (χ4v) is 2.65. The third kappa shape index (κ3) is 3.07. The standard InChI is InChI=1S/C14H15BrN2/c1-10-6-11(2)14(13(15)7-10)17-9-12-4-3-5-16-8-12/h3-8,17H,9H2,1-2H3. The van der Waals surface area contributed by atoms with Gasteiger partial charge in [-0.2, -0.15) is 0 Å². The van der Waals surface area contributed by atoms with Crippen LogP contribution in [0.15, 0.2) is 41.1 Å². The van der Waals surface area contributed by atoms with Crippen LogP contribution in [0.1, 0.15) is 16.7 Å². The van der Waals surface area contributed by atoms with Crippen molar-refractivity contribution in [3.8, 4) is 0 Å². The van der Waals surface area contributed by atoms with E-state index in [1.165, 1.54) is 16.7 Å². The second kappa shape index (κ2) is 5.32. The van der Waals surface area contributed by atoms with Crippen molar-refractivity contribution in [1.82, 2.24) is 4.98 Å². The number of rotatable bonds is 3. The number of pyridine rings is 1. The molecule has 0 unspecified atom stereocenters. The SMILES string of the molecule is Cc1cc(C)c(NCc2cccnc2)c(Br)c1. The van der Waals surface area contributed by atoms with Gasteiger partial charge >= 0.3 is 0 Å². The molecule has 0 bridgehead atoms. The van der Waals surface area contributed by atoms with Gasteiger partial charge < -0.3 is 5.32 Å². The zero-order chi connectivity index (χ0) is 12.3. The smallest absolute Gasteiger partial charge is 0.0517 e. The number of aromatic nitrogens is 1. The van der Waals surface area contributed by atoms with E-state index in [4.69, 9.17) is 0 Å². The Bertz CT molecular complexity index is 486. The van der Waals surface area contributed by atoms with Gasteiger partial charge in [-0.05, 0) is 58.6 Å². The fraction of sp³-hybridized carbons (Fsp3) is 0.214. The lowest BCUT2D eigenvalue weighted by Crippen LogP contribution is -2.02. The van der Waals surface area contributed by atoms with Crippen molar-refractivity contribution in [2.45, 2.75) is 20.4 Å². The van der Waals surface area contributed by atoms with Gasteiger partial charge in [0.05, 0.1) is 5.69 Å². The van der Waals surface area contributed by atoms with Crippen molar-refractivity contribution >= 4 is 21.6 Å². The predicted molar refractivity (Wildman–Crippen MR) is 75.2 cm³/mol. The lowest BCUT2D eigenvalue weighted by atomic mass is 10.1. The Morgan fingerprint density at radius 1 is 1.29 bits per heavy atom. The Morgan fingerprint density at radius 2 is 2.12 bits per heavy atom. The molecule has 0 saturated carbocycles. The first-order valence-corrected chi connectivity index (χ1v) is 6.35. The molecule has 3 heteroatoms. The average molecular weight is 291 g/mol. The Hall–Kier alpha value is -1.35. The summed E-state index contributed by atoms with van der Waals surface area (Å²) in [4.78, 5) is 4.10. The number of hydrogen-bond acceptors (Lipinski definition) is 2. The monoisotopic (exact) mass is 290 g/mol. The summed E-state index contributed by atoms with van der Waals surface area (Å²) < 4.78 is 1.11. The maximum Gasteiger partial charge on any atom is 0.0517 e. The molecule has 2 nitrogen and oxygen atoms in total. The molecule has 1 aromatic carbocycles. The summed E-state index contributed by atoms with van der Waals surface area (Å²) in [7, 11) is 0. The number of benzene rings is 1. The van der Waals surface area contributed by atoms with Crippen molar-refractivity contribution in [1.29, 1.82) is 0 Å². The normalized spacial score (nSPS) is 10.3. The van der Waals surface area contributed by atoms with Crippen LogP contribution < -0.4 is 5.32 Å². The van der Waals surface area contributed by atoms with Crippen LogP contribution in [-0.2, 0) is 6.54 Å². The summed E-state index contributed by atoms with van der Waals surface area (Å²) in [6, 6.07) is 8.32. The van der Waals surface area contributed by atoms with E-state index in [0.29, 0.717) is 0 Å². The minimum absolute atomic E-state index is 0.788. The molecule has 17 heavy (non-hydrogen) atoms. The minimum atomic E-state index is 0.788. The maximum absolute atomic E-state index is 4.10. The second-order valence-corrected chi connectivity index (χ2v) is 5.01. The van der Waals surface area contributed by atoms with Gasteiger partial charge in [-0.1, -0.05) is 12.1 Å². The van der Waals surface area contributed by atoms with E-state index in [2.05, 4.69) is 58.3 Å². The number of nitrogens with zero attached hydrogens (tertiary/aromatic N) is 1. The van der Waals surface area contributed by atoms with Crippen LogP contribution in [-0.4, -0.2) is 4.98 Å². The zero-order valence-electron chi connectivity index (χ0n) is 10.00. The first-order chi connectivity index (χ1) is 8.16. The summed E-state index contributed by atoms with van der Waals surface area (Å²) >= 11 is 3.59. The van der Waals surface area contributed by atoms with Gasteiger partial charge in [-0.15, -0.1) is 0 Å². The zero-order valence-corrected chi connectivity index (χ0v) is 11.6. The fourth-order valence-electron chi connectivity index (χ4n) is 1.83. The van der Waals surface area contributed by atoms with Crippen LogP contribution >= 0.6 is 15.9 Å². The molecule has 0 aliphatic rings. The quantitative estimate of drug-likeness (QED) is 0.922. The number of anilines is 1. The first-order valence-electron chi connectivity index (χ1n) is 5.56. The van der Waals surface area contributed by atoms with Gasteiger partial charge in [0.2, 0.25) is 0 Å². The molecule has 1 N–H and O–H groups in total. The van der Waals surface area contributed by atoms with E-state index in [-0.39, 0.29) is 0 Å². The number of aryl methyl sites for hydroxylation is 2. The predicted octanol–water partition coefficient (Wildman–Crippen LogP) is 4.07. The molecule has 0 saturated heterocycles. The molecule has 0 spiro atoms. The molecule has 0 aliphatic heterocycles. The molecule has 1 heterocycles. The van der Waals surface area contributed by atoms with Gasteiger partial charge in [-0.25, -0.2) is 0 Å². The third-order valence-corrected chi connectivity index (χ3v) is 3.25. The van der Waals surface area contributed by atoms with Crippen LogP contribution in [0.2, 0.25) is 0 Å². The summed E-state index contributed by atoms with van der Waals surface area (Å²) in [6.45, 7) is 5.00. The van der Waals surface area contributed by atoms with Crippen LogP contribution in [0.3, 0.4) is 0 Å². The van der Waals surface area contributed by atoms with Crippen molar-refractivity contribution in [2.24, 2.45) is 0 Å². The summed E-state index contributed by atoms with van der Waals surface area (Å²) in [5.74, 6) is 0. The van der Waals surface area contributed by atoms with Crippen molar-refractivity contribution in [3.05, 3.63) is 57.8 Å². The third-order valence-electron chi connectivity index (χ3n) is 2.62. The van der Waals surface area contributed by atoms with E-state index in [1.54, 1.807) is 6.20 Å². The topological polar surface area (TPSA) is 24.9 Å². The molecule has 0 amide bonds. The van der Waals surface area contributed by atoms with Crippen molar-refractivity contribution < 1.29 is 0 Å². The molecule has 0 atom stereocenters. The molecular formula is C14H15BrN2. The summed E-state index contributed by atoms with van der Waals surface area (Å²) in [5.41, 5.74) is 4.85. The highest BCUT2D eigenvalue weighted by Crippen LogP contribution is 2.28. The highest BCUT2D eigenvalue weighted by molar-refractivity contribution is 9.10. The molecule has 1 aromatic heterocycles. The van der Waals surface area contributed by atoms with Gasteiger partial charge in [0.15, 0.2) is 0 Å². The molecule has 0 aliphatic carbocycles. The molecule has 2 aromatic rings. The summed E-state index contributed by atoms with van der Waals surface area (Å²) in [5, 5.41) is 3.44. The second-order valence-electron chi connectivity index (χ2n) is 4.15. The molecule has 88 valence electrons. The average Bonchev–Trinajstić information content (AvgIpc) is 2.29. The van der Waals surface area contributed by atoms with Gasteiger partial charge in [0.1, 0.15) is 0 Å². The highest BCUT2D eigenvalue weighted by Gasteiger charge is 2.04. The molecule has 0 radical (unpaired) electrons. The first kappa shape index (κ1) is 12.1. The Balaban J connectivity index is 2.15. The van der Waals surface area contributed by atoms with Crippen molar-refractivity contribution in [2.75, 3.05) is 5.32 Å². The van der Waals surface area contributed by atoms with E-state index in [9.17, 15) is 0 Å². The highest BCUT2D eigenvalue weighted by atomic mass is 79.9. The lowest BCUT2D eigenvalue weighted by molar-refractivity contribution is 1.10. The lowest BCUT2D eigenvalue weighted by Gasteiger charge is -2.12. The number of halogens is 1. The number of hydrogen-bond donors (Lipinski definition) is 1. The molecule has 2 rings (SSSR count). The maximum atomic E-state index is 4.10. The van der Waals surface area contributed by atoms with Gasteiger partial charge in [-0.3, -0.25) is 4.98 Å². The number of nitrogens with one attached hydrogen (secondary N) is 1. The van der Waals surface area contributed by atoms with Crippen LogP contribution in [0.5, 0.6) is 0 Å². The van der Waals surface area contributed by atoms with Crippen LogP contribution in [0, 0.1) is 13.8 Å². The van der Waals surface area contributed by atoms with E-state index in [0.717, 1.165) is 16.7 Å². The molecular weight excluding hydrogens is 276 g/mol. The minimum Gasteiger partial charge on any atom is -0.380 e. The Kier molecular flexibility index (Phi) is 3.79. The Morgan fingerprint density at radius 3 is 2.76 bits per heavy atom. The Labute approximate surface area is 110 Å². The molecule has 0 fully saturated rings. The van der Waals surface area contributed by atoms with Crippen LogP contribution in [0.4, 0.5) is 5.69 Å². The largest absolute Gasteiger partial charge is 0.380 e.